The number of carbonyl (C=O) groups excluding carboxylic acids is 1. The predicted octanol–water partition coefficient (Wildman–Crippen LogP) is 1.83. The number of carbonyl (C=O) groups is 1. The maximum absolute atomic E-state index is 12.7. The summed E-state index contributed by atoms with van der Waals surface area (Å²) < 4.78 is 43.6. The van der Waals surface area contributed by atoms with E-state index in [2.05, 4.69) is 25.5 Å². The number of alkyl halides is 3. The van der Waals surface area contributed by atoms with Crippen molar-refractivity contribution >= 4 is 17.5 Å². The number of halogens is 3. The number of anilines is 2. The fraction of sp³-hybridized carbons (Fsp3) is 0.571. The Morgan fingerprint density at radius 2 is 1.94 bits per heavy atom. The SMILES string of the molecule is Cc1c(N[C@@H](C)COCC(=O)N(C)C2CCN(c3ncc(C(F)(F)F)cn3)CC2)cn[nH]c1=O. The van der Waals surface area contributed by atoms with Gasteiger partial charge in [0.1, 0.15) is 6.61 Å². The van der Waals surface area contributed by atoms with Crippen molar-refractivity contribution in [2.24, 2.45) is 0 Å². The maximum Gasteiger partial charge on any atom is 0.419 e. The van der Waals surface area contributed by atoms with Crippen LogP contribution in [0, 0.1) is 6.92 Å². The lowest BCUT2D eigenvalue weighted by atomic mass is 10.0. The van der Waals surface area contributed by atoms with E-state index in [1.54, 1.807) is 18.9 Å². The standard InChI is InChI=1S/C21H28F3N7O3/c1-13(28-17-10-27-29-19(33)14(17)2)11-34-12-18(32)30(3)16-4-6-31(7-5-16)20-25-8-15(9-26-20)21(22,23)24/h8-10,13,16H,4-7,11-12H2,1-3H3,(H2,28,29,33)/t13-/m0/s1. The summed E-state index contributed by atoms with van der Waals surface area (Å²) in [4.78, 5) is 35.3. The van der Waals surface area contributed by atoms with Crippen LogP contribution in [0.2, 0.25) is 0 Å². The molecule has 34 heavy (non-hydrogen) atoms. The van der Waals surface area contributed by atoms with Crippen molar-refractivity contribution in [2.75, 3.05) is 43.6 Å². The van der Waals surface area contributed by atoms with Gasteiger partial charge in [0.2, 0.25) is 11.9 Å². The molecule has 2 aromatic heterocycles. The van der Waals surface area contributed by atoms with Gasteiger partial charge in [-0.25, -0.2) is 15.1 Å². The van der Waals surface area contributed by atoms with Gasteiger partial charge < -0.3 is 19.9 Å². The molecule has 1 amide bonds. The molecule has 0 radical (unpaired) electrons. The van der Waals surface area contributed by atoms with Crippen LogP contribution in [-0.2, 0) is 15.7 Å². The molecule has 3 heterocycles. The zero-order valence-corrected chi connectivity index (χ0v) is 19.2. The van der Waals surface area contributed by atoms with E-state index in [0.29, 0.717) is 37.2 Å². The number of amides is 1. The fourth-order valence-corrected chi connectivity index (χ4v) is 3.62. The van der Waals surface area contributed by atoms with Crippen molar-refractivity contribution in [1.82, 2.24) is 25.1 Å². The lowest BCUT2D eigenvalue weighted by Crippen LogP contribution is -2.47. The van der Waals surface area contributed by atoms with Gasteiger partial charge in [-0.1, -0.05) is 0 Å². The zero-order chi connectivity index (χ0) is 24.9. The maximum atomic E-state index is 12.7. The molecule has 10 nitrogen and oxygen atoms in total. The minimum absolute atomic E-state index is 0.0119. The van der Waals surface area contributed by atoms with Crippen molar-refractivity contribution in [3.63, 3.8) is 0 Å². The van der Waals surface area contributed by atoms with Crippen LogP contribution in [0.15, 0.2) is 23.4 Å². The van der Waals surface area contributed by atoms with Crippen LogP contribution in [0.25, 0.3) is 0 Å². The van der Waals surface area contributed by atoms with Crippen molar-refractivity contribution in [2.45, 2.75) is 44.9 Å². The monoisotopic (exact) mass is 483 g/mol. The number of piperidine rings is 1. The molecule has 186 valence electrons. The van der Waals surface area contributed by atoms with Gasteiger partial charge in [-0.05, 0) is 26.7 Å². The topological polar surface area (TPSA) is 116 Å². The third-order valence-corrected chi connectivity index (χ3v) is 5.75. The summed E-state index contributed by atoms with van der Waals surface area (Å²) >= 11 is 0. The van der Waals surface area contributed by atoms with Crippen molar-refractivity contribution in [1.29, 1.82) is 0 Å². The highest BCUT2D eigenvalue weighted by molar-refractivity contribution is 5.77. The lowest BCUT2D eigenvalue weighted by Gasteiger charge is -2.36. The number of nitrogens with one attached hydrogen (secondary N) is 2. The van der Waals surface area contributed by atoms with E-state index in [1.165, 1.54) is 6.20 Å². The van der Waals surface area contributed by atoms with E-state index >= 15 is 0 Å². The average Bonchev–Trinajstić information content (AvgIpc) is 2.81. The summed E-state index contributed by atoms with van der Waals surface area (Å²) in [5.41, 5.74) is -0.0335. The van der Waals surface area contributed by atoms with Crippen LogP contribution in [-0.4, -0.2) is 76.4 Å². The van der Waals surface area contributed by atoms with Gasteiger partial charge in [0.25, 0.3) is 5.56 Å². The molecule has 0 aliphatic carbocycles. The molecule has 1 saturated heterocycles. The van der Waals surface area contributed by atoms with Gasteiger partial charge in [-0.2, -0.15) is 18.3 Å². The van der Waals surface area contributed by atoms with Gasteiger partial charge >= 0.3 is 6.18 Å². The molecule has 0 saturated carbocycles. The minimum atomic E-state index is -4.47. The molecule has 1 aliphatic heterocycles. The molecular formula is C21H28F3N7O3. The Morgan fingerprint density at radius 3 is 2.56 bits per heavy atom. The third kappa shape index (κ3) is 6.43. The quantitative estimate of drug-likeness (QED) is 0.584. The molecule has 1 fully saturated rings. The van der Waals surface area contributed by atoms with Crippen LogP contribution in [0.1, 0.15) is 30.9 Å². The first-order valence-electron chi connectivity index (χ1n) is 10.8. The highest BCUT2D eigenvalue weighted by Crippen LogP contribution is 2.29. The second kappa shape index (κ2) is 10.8. The fourth-order valence-electron chi connectivity index (χ4n) is 3.62. The number of ether oxygens (including phenoxy) is 1. The summed E-state index contributed by atoms with van der Waals surface area (Å²) in [6.45, 7) is 4.78. The Hall–Kier alpha value is -3.22. The first-order valence-corrected chi connectivity index (χ1v) is 10.8. The van der Waals surface area contributed by atoms with E-state index in [4.69, 9.17) is 4.74 Å². The summed E-state index contributed by atoms with van der Waals surface area (Å²) in [5, 5.41) is 9.26. The number of likely N-dealkylation sites (N-methyl/N-ethyl adjacent to an activating group) is 1. The van der Waals surface area contributed by atoms with Crippen LogP contribution < -0.4 is 15.8 Å². The minimum Gasteiger partial charge on any atom is -0.379 e. The summed E-state index contributed by atoms with van der Waals surface area (Å²) in [5.74, 6) is 0.0847. The molecule has 2 aromatic rings. The zero-order valence-electron chi connectivity index (χ0n) is 19.2. The van der Waals surface area contributed by atoms with Gasteiger partial charge in [0, 0.05) is 50.2 Å². The van der Waals surface area contributed by atoms with Gasteiger partial charge in [-0.3, -0.25) is 9.59 Å². The predicted molar refractivity (Wildman–Crippen MR) is 119 cm³/mol. The molecule has 13 heteroatoms. The normalized spacial score (nSPS) is 15.8. The number of hydrogen-bond donors (Lipinski definition) is 2. The molecule has 1 aliphatic rings. The number of H-pyrrole nitrogens is 1. The first kappa shape index (κ1) is 25.4. The van der Waals surface area contributed by atoms with Crippen LogP contribution in [0.4, 0.5) is 24.8 Å². The Kier molecular flexibility index (Phi) is 8.07. The molecule has 0 unspecified atom stereocenters. The van der Waals surface area contributed by atoms with Crippen molar-refractivity contribution < 1.29 is 22.7 Å². The molecule has 2 N–H and O–H groups in total. The summed E-state index contributed by atoms with van der Waals surface area (Å²) in [6, 6.07) is -0.158. The molecule has 0 spiro atoms. The Bertz CT molecular complexity index is 1020. The Morgan fingerprint density at radius 1 is 1.29 bits per heavy atom. The number of rotatable bonds is 8. The van der Waals surface area contributed by atoms with E-state index in [1.807, 2.05) is 11.8 Å². The number of nitrogens with zero attached hydrogens (tertiary/aromatic N) is 5. The van der Waals surface area contributed by atoms with E-state index in [-0.39, 0.29) is 42.7 Å². The van der Waals surface area contributed by atoms with E-state index in [0.717, 1.165) is 12.4 Å². The first-order chi connectivity index (χ1) is 16.1. The van der Waals surface area contributed by atoms with Crippen LogP contribution >= 0.6 is 0 Å². The molecule has 3 rings (SSSR count). The average molecular weight is 483 g/mol. The summed E-state index contributed by atoms with van der Waals surface area (Å²) in [7, 11) is 1.72. The van der Waals surface area contributed by atoms with E-state index < -0.39 is 11.7 Å². The molecule has 0 aromatic carbocycles. The molecular weight excluding hydrogens is 455 g/mol. The van der Waals surface area contributed by atoms with E-state index in [9.17, 15) is 22.8 Å². The lowest BCUT2D eigenvalue weighted by molar-refractivity contribution is -0.138. The molecule has 1 atom stereocenters. The smallest absolute Gasteiger partial charge is 0.379 e. The summed E-state index contributed by atoms with van der Waals surface area (Å²) in [6.07, 6.45) is -0.107. The van der Waals surface area contributed by atoms with Gasteiger partial charge in [-0.15, -0.1) is 0 Å². The molecule has 0 bridgehead atoms. The highest BCUT2D eigenvalue weighted by Gasteiger charge is 2.32. The van der Waals surface area contributed by atoms with Crippen LogP contribution in [0.3, 0.4) is 0 Å². The number of aromatic nitrogens is 4. The second-order valence-corrected chi connectivity index (χ2v) is 8.29. The van der Waals surface area contributed by atoms with Crippen molar-refractivity contribution in [3.8, 4) is 0 Å². The number of aromatic amines is 1. The Labute approximate surface area is 194 Å². The Balaban J connectivity index is 1.41. The highest BCUT2D eigenvalue weighted by atomic mass is 19.4. The largest absolute Gasteiger partial charge is 0.419 e. The third-order valence-electron chi connectivity index (χ3n) is 5.75. The second-order valence-electron chi connectivity index (χ2n) is 8.29. The number of hydrogen-bond acceptors (Lipinski definition) is 8. The van der Waals surface area contributed by atoms with Gasteiger partial charge in [0.15, 0.2) is 0 Å². The van der Waals surface area contributed by atoms with Crippen LogP contribution in [0.5, 0.6) is 0 Å². The van der Waals surface area contributed by atoms with Gasteiger partial charge in [0.05, 0.1) is 24.1 Å². The van der Waals surface area contributed by atoms with Crippen molar-refractivity contribution in [3.05, 3.63) is 40.1 Å².